The molecule has 3 heterocycles. The summed E-state index contributed by atoms with van der Waals surface area (Å²) >= 11 is 0. The number of halogens is 1. The molecule has 8 nitrogen and oxygen atoms in total. The van der Waals surface area contributed by atoms with Gasteiger partial charge in [-0.05, 0) is 48.7 Å². The second-order valence-corrected chi connectivity index (χ2v) is 7.31. The third-order valence-electron chi connectivity index (χ3n) is 5.32. The third-order valence-corrected chi connectivity index (χ3v) is 5.32. The number of nitrogens with one attached hydrogen (secondary N) is 1. The molecule has 31 heavy (non-hydrogen) atoms. The van der Waals surface area contributed by atoms with Gasteiger partial charge in [0.1, 0.15) is 5.56 Å². The van der Waals surface area contributed by atoms with E-state index in [1.165, 1.54) is 4.57 Å². The number of amides is 1. The summed E-state index contributed by atoms with van der Waals surface area (Å²) in [7, 11) is 1.83. The number of fused-ring (bicyclic) bond motifs is 1. The average molecular weight is 445 g/mol. The highest BCUT2D eigenvalue weighted by atomic mass is 35.5. The maximum atomic E-state index is 13.1. The van der Waals surface area contributed by atoms with Gasteiger partial charge >= 0.3 is 0 Å². The molecule has 0 saturated carbocycles. The Hall–Kier alpha value is -3.26. The van der Waals surface area contributed by atoms with Gasteiger partial charge in [-0.2, -0.15) is 5.10 Å². The molecule has 1 aliphatic heterocycles. The topological polar surface area (TPSA) is 87.4 Å². The molecule has 1 N–H and O–H groups in total. The predicted octanol–water partition coefficient (Wildman–Crippen LogP) is 2.97. The van der Waals surface area contributed by atoms with Crippen molar-refractivity contribution in [2.45, 2.75) is 32.9 Å². The molecule has 1 atom stereocenters. The number of carbonyl (C=O) groups is 1. The first-order valence-corrected chi connectivity index (χ1v) is 9.85. The quantitative estimate of drug-likeness (QED) is 0.631. The van der Waals surface area contributed by atoms with Crippen LogP contribution in [0.1, 0.15) is 46.6 Å². The molecule has 1 amide bonds. The minimum absolute atomic E-state index is 0. The summed E-state index contributed by atoms with van der Waals surface area (Å²) in [5, 5.41) is 7.15. The molecule has 0 saturated heterocycles. The zero-order valence-electron chi connectivity index (χ0n) is 17.6. The van der Waals surface area contributed by atoms with E-state index in [-0.39, 0.29) is 42.3 Å². The molecule has 0 radical (unpaired) electrons. The molecule has 9 heteroatoms. The van der Waals surface area contributed by atoms with Crippen LogP contribution in [-0.4, -0.2) is 27.0 Å². The van der Waals surface area contributed by atoms with Crippen LogP contribution in [0.25, 0.3) is 0 Å². The maximum absolute atomic E-state index is 13.1. The molecule has 1 unspecified atom stereocenters. The van der Waals surface area contributed by atoms with Gasteiger partial charge in [0.2, 0.25) is 6.79 Å². The van der Waals surface area contributed by atoms with Crippen molar-refractivity contribution in [2.24, 2.45) is 7.05 Å². The maximum Gasteiger partial charge on any atom is 0.263 e. The second kappa shape index (κ2) is 9.26. The lowest BCUT2D eigenvalue weighted by atomic mass is 10.1. The van der Waals surface area contributed by atoms with Crippen molar-refractivity contribution >= 4 is 18.3 Å². The standard InChI is InChI=1S/C22H24N4O4.ClH/c1-4-16(17-7-9-23-25(17)3)24-21(27)20-14(2)8-10-26(22(20)28)12-15-5-6-18-19(11-15)30-13-29-18;/h5-11,16H,4,12-13H2,1-3H3,(H,24,27);1H. The lowest BCUT2D eigenvalue weighted by Crippen LogP contribution is -2.36. The Balaban J connectivity index is 0.00000272. The van der Waals surface area contributed by atoms with E-state index < -0.39 is 0 Å². The normalized spacial score (nSPS) is 12.9. The number of hydrogen-bond acceptors (Lipinski definition) is 5. The van der Waals surface area contributed by atoms with Gasteiger partial charge in [-0.1, -0.05) is 13.0 Å². The monoisotopic (exact) mass is 444 g/mol. The van der Waals surface area contributed by atoms with E-state index in [1.807, 2.05) is 38.2 Å². The van der Waals surface area contributed by atoms with E-state index >= 15 is 0 Å². The fraction of sp³-hybridized carbons (Fsp3) is 0.318. The first kappa shape index (κ1) is 22.4. The molecule has 1 aliphatic rings. The van der Waals surface area contributed by atoms with Crippen LogP contribution in [0.15, 0.2) is 47.5 Å². The van der Waals surface area contributed by atoms with E-state index in [9.17, 15) is 9.59 Å². The average Bonchev–Trinajstić information content (AvgIpc) is 3.36. The number of ether oxygens (including phenoxy) is 2. The van der Waals surface area contributed by atoms with Gasteiger partial charge in [0, 0.05) is 19.4 Å². The fourth-order valence-electron chi connectivity index (χ4n) is 3.64. The second-order valence-electron chi connectivity index (χ2n) is 7.31. The lowest BCUT2D eigenvalue weighted by molar-refractivity contribution is 0.0931. The zero-order chi connectivity index (χ0) is 21.3. The number of nitrogens with zero attached hydrogens (tertiary/aromatic N) is 3. The highest BCUT2D eigenvalue weighted by Gasteiger charge is 2.21. The number of carbonyl (C=O) groups excluding carboxylic acids is 1. The number of aryl methyl sites for hydroxylation is 2. The summed E-state index contributed by atoms with van der Waals surface area (Å²) in [6, 6.07) is 8.98. The first-order chi connectivity index (χ1) is 14.5. The van der Waals surface area contributed by atoms with E-state index in [2.05, 4.69) is 10.4 Å². The molecule has 0 spiro atoms. The van der Waals surface area contributed by atoms with Crippen molar-refractivity contribution in [3.05, 3.63) is 75.5 Å². The van der Waals surface area contributed by atoms with E-state index in [1.54, 1.807) is 30.1 Å². The Morgan fingerprint density at radius 1 is 1.23 bits per heavy atom. The summed E-state index contributed by atoms with van der Waals surface area (Å²) in [6.45, 7) is 4.28. The first-order valence-electron chi connectivity index (χ1n) is 9.85. The Bertz CT molecular complexity index is 1150. The predicted molar refractivity (Wildman–Crippen MR) is 118 cm³/mol. The van der Waals surface area contributed by atoms with Crippen molar-refractivity contribution in [3.63, 3.8) is 0 Å². The van der Waals surface area contributed by atoms with Crippen LogP contribution >= 0.6 is 12.4 Å². The zero-order valence-corrected chi connectivity index (χ0v) is 18.4. The highest BCUT2D eigenvalue weighted by Crippen LogP contribution is 2.32. The summed E-state index contributed by atoms with van der Waals surface area (Å²) < 4.78 is 14.0. The molecule has 164 valence electrons. The van der Waals surface area contributed by atoms with Crippen molar-refractivity contribution in [1.29, 1.82) is 0 Å². The highest BCUT2D eigenvalue weighted by molar-refractivity contribution is 5.95. The lowest BCUT2D eigenvalue weighted by Gasteiger charge is -2.18. The van der Waals surface area contributed by atoms with Gasteiger partial charge < -0.3 is 19.4 Å². The van der Waals surface area contributed by atoms with Gasteiger partial charge in [-0.3, -0.25) is 14.3 Å². The molecule has 0 aliphatic carbocycles. The van der Waals surface area contributed by atoms with Gasteiger partial charge in [0.25, 0.3) is 11.5 Å². The van der Waals surface area contributed by atoms with Crippen LogP contribution in [0, 0.1) is 6.92 Å². The van der Waals surface area contributed by atoms with Gasteiger partial charge in [-0.15, -0.1) is 12.4 Å². The largest absolute Gasteiger partial charge is 0.454 e. The molecule has 0 fully saturated rings. The minimum Gasteiger partial charge on any atom is -0.454 e. The minimum atomic E-state index is -0.384. The SMILES string of the molecule is CCC(NC(=O)c1c(C)ccn(Cc2ccc3c(c2)OCO3)c1=O)c1ccnn1C.Cl. The smallest absolute Gasteiger partial charge is 0.263 e. The van der Waals surface area contributed by atoms with Crippen LogP contribution in [0.4, 0.5) is 0 Å². The Morgan fingerprint density at radius 2 is 2.00 bits per heavy atom. The summed E-state index contributed by atoms with van der Waals surface area (Å²) in [5.41, 5.74) is 2.24. The van der Waals surface area contributed by atoms with Crippen LogP contribution in [0.2, 0.25) is 0 Å². The third kappa shape index (κ3) is 4.44. The van der Waals surface area contributed by atoms with E-state index in [0.717, 1.165) is 11.3 Å². The van der Waals surface area contributed by atoms with Crippen LogP contribution < -0.4 is 20.3 Å². The summed E-state index contributed by atoms with van der Waals surface area (Å²) in [5.74, 6) is 0.967. The Morgan fingerprint density at radius 3 is 2.71 bits per heavy atom. The number of aromatic nitrogens is 3. The van der Waals surface area contributed by atoms with Gasteiger partial charge in [0.05, 0.1) is 18.3 Å². The Kier molecular flexibility index (Phi) is 6.70. The van der Waals surface area contributed by atoms with Crippen molar-refractivity contribution in [2.75, 3.05) is 6.79 Å². The van der Waals surface area contributed by atoms with Crippen molar-refractivity contribution in [3.8, 4) is 11.5 Å². The van der Waals surface area contributed by atoms with Crippen LogP contribution in [-0.2, 0) is 13.6 Å². The van der Waals surface area contributed by atoms with Crippen molar-refractivity contribution in [1.82, 2.24) is 19.7 Å². The van der Waals surface area contributed by atoms with E-state index in [0.29, 0.717) is 30.0 Å². The molecule has 2 aromatic heterocycles. The number of hydrogen-bond donors (Lipinski definition) is 1. The Labute approximate surface area is 186 Å². The van der Waals surface area contributed by atoms with Crippen molar-refractivity contribution < 1.29 is 14.3 Å². The summed E-state index contributed by atoms with van der Waals surface area (Å²) in [6.07, 6.45) is 4.08. The number of benzene rings is 1. The number of rotatable bonds is 6. The van der Waals surface area contributed by atoms with Gasteiger partial charge in [0.15, 0.2) is 11.5 Å². The molecule has 4 rings (SSSR count). The molecule has 1 aromatic carbocycles. The molecule has 3 aromatic rings. The summed E-state index contributed by atoms with van der Waals surface area (Å²) in [4.78, 5) is 26.2. The van der Waals surface area contributed by atoms with E-state index in [4.69, 9.17) is 9.47 Å². The molecular formula is C22H25ClN4O4. The van der Waals surface area contributed by atoms with Gasteiger partial charge in [-0.25, -0.2) is 0 Å². The molecule has 0 bridgehead atoms. The fourth-order valence-corrected chi connectivity index (χ4v) is 3.64. The molecular weight excluding hydrogens is 420 g/mol. The van der Waals surface area contributed by atoms with Crippen LogP contribution in [0.3, 0.4) is 0 Å². The number of pyridine rings is 1. The van der Waals surface area contributed by atoms with Crippen LogP contribution in [0.5, 0.6) is 11.5 Å².